The van der Waals surface area contributed by atoms with Crippen LogP contribution >= 0.6 is 0 Å². The number of rotatable bonds is 8. The van der Waals surface area contributed by atoms with Crippen LogP contribution in [0.15, 0.2) is 48.7 Å². The Morgan fingerprint density at radius 2 is 1.88 bits per heavy atom. The molecule has 1 aromatic heterocycles. The third kappa shape index (κ3) is 5.37. The number of amides is 1. The van der Waals surface area contributed by atoms with Crippen molar-refractivity contribution in [2.75, 3.05) is 34.4 Å². The number of pyridine rings is 1. The first kappa shape index (κ1) is 19.1. The van der Waals surface area contributed by atoms with E-state index in [1.54, 1.807) is 13.3 Å². The maximum Gasteiger partial charge on any atom is 0.244 e. The molecule has 0 fully saturated rings. The Balaban J connectivity index is 2.25. The Morgan fingerprint density at radius 1 is 1.16 bits per heavy atom. The maximum atomic E-state index is 13.3. The van der Waals surface area contributed by atoms with Gasteiger partial charge >= 0.3 is 0 Å². The number of hydrogen-bond donors (Lipinski definition) is 0. The van der Waals surface area contributed by atoms with Crippen molar-refractivity contribution in [3.8, 4) is 0 Å². The van der Waals surface area contributed by atoms with Gasteiger partial charge in [-0.15, -0.1) is 0 Å². The van der Waals surface area contributed by atoms with Crippen LogP contribution < -0.4 is 0 Å². The zero-order chi connectivity index (χ0) is 18.2. The van der Waals surface area contributed by atoms with Gasteiger partial charge in [0, 0.05) is 19.9 Å². The minimum Gasteiger partial charge on any atom is -0.383 e. The van der Waals surface area contributed by atoms with Crippen LogP contribution in [-0.4, -0.2) is 55.0 Å². The normalized spacial score (nSPS) is 12.2. The Labute approximate surface area is 150 Å². The van der Waals surface area contributed by atoms with E-state index in [1.165, 1.54) is 5.56 Å². The van der Waals surface area contributed by atoms with E-state index in [4.69, 9.17) is 4.74 Å². The number of likely N-dealkylation sites (N-methyl/N-ethyl adjacent to an activating group) is 1. The van der Waals surface area contributed by atoms with Crippen LogP contribution in [0.1, 0.15) is 22.9 Å². The predicted molar refractivity (Wildman–Crippen MR) is 99.1 cm³/mol. The first-order valence-corrected chi connectivity index (χ1v) is 8.43. The molecule has 0 radical (unpaired) electrons. The highest BCUT2D eigenvalue weighted by molar-refractivity contribution is 5.83. The monoisotopic (exact) mass is 341 g/mol. The van der Waals surface area contributed by atoms with Crippen molar-refractivity contribution in [1.29, 1.82) is 0 Å². The number of aromatic nitrogens is 1. The molecule has 0 aliphatic rings. The second kappa shape index (κ2) is 9.30. The number of ether oxygens (including phenoxy) is 1. The van der Waals surface area contributed by atoms with Gasteiger partial charge in [0.15, 0.2) is 0 Å². The molecule has 1 aromatic carbocycles. The minimum atomic E-state index is -0.332. The number of carbonyl (C=O) groups is 1. The van der Waals surface area contributed by atoms with Crippen molar-refractivity contribution in [3.05, 3.63) is 65.5 Å². The van der Waals surface area contributed by atoms with Crippen molar-refractivity contribution in [2.24, 2.45) is 0 Å². The topological polar surface area (TPSA) is 45.7 Å². The van der Waals surface area contributed by atoms with Gasteiger partial charge in [-0.1, -0.05) is 35.9 Å². The molecular weight excluding hydrogens is 314 g/mol. The standard InChI is InChI=1S/C20H27N3O2/c1-16-8-10-17(11-9-16)19(22(2)3)20(24)23(13-14-25-4)15-18-7-5-6-12-21-18/h5-12,19H,13-15H2,1-4H3/t19-/m1/s1. The van der Waals surface area contributed by atoms with Gasteiger partial charge in [-0.3, -0.25) is 14.7 Å². The molecule has 5 heteroatoms. The van der Waals surface area contributed by atoms with E-state index in [9.17, 15) is 4.79 Å². The first-order chi connectivity index (χ1) is 12.0. The Morgan fingerprint density at radius 3 is 2.44 bits per heavy atom. The van der Waals surface area contributed by atoms with Crippen molar-refractivity contribution >= 4 is 5.91 Å². The van der Waals surface area contributed by atoms with E-state index in [2.05, 4.69) is 4.98 Å². The molecule has 1 atom stereocenters. The molecule has 1 heterocycles. The number of hydrogen-bond acceptors (Lipinski definition) is 4. The van der Waals surface area contributed by atoms with Gasteiger partial charge in [-0.2, -0.15) is 0 Å². The molecule has 2 rings (SSSR count). The summed E-state index contributed by atoms with van der Waals surface area (Å²) < 4.78 is 5.19. The highest BCUT2D eigenvalue weighted by Crippen LogP contribution is 2.22. The van der Waals surface area contributed by atoms with Crippen LogP contribution in [0.2, 0.25) is 0 Å². The molecule has 0 spiro atoms. The number of nitrogens with zero attached hydrogens (tertiary/aromatic N) is 3. The van der Waals surface area contributed by atoms with E-state index < -0.39 is 0 Å². The van der Waals surface area contributed by atoms with Crippen LogP contribution in [0, 0.1) is 6.92 Å². The molecule has 0 aliphatic carbocycles. The van der Waals surface area contributed by atoms with E-state index in [1.807, 2.05) is 73.3 Å². The van der Waals surface area contributed by atoms with Gasteiger partial charge in [0.1, 0.15) is 6.04 Å². The highest BCUT2D eigenvalue weighted by Gasteiger charge is 2.28. The summed E-state index contributed by atoms with van der Waals surface area (Å²) in [6.07, 6.45) is 1.75. The van der Waals surface area contributed by atoms with Crippen molar-refractivity contribution in [1.82, 2.24) is 14.8 Å². The molecule has 0 unspecified atom stereocenters. The van der Waals surface area contributed by atoms with E-state index >= 15 is 0 Å². The maximum absolute atomic E-state index is 13.3. The summed E-state index contributed by atoms with van der Waals surface area (Å²) in [6, 6.07) is 13.5. The van der Waals surface area contributed by atoms with E-state index in [0.717, 1.165) is 11.3 Å². The molecule has 0 saturated heterocycles. The number of methoxy groups -OCH3 is 1. The highest BCUT2D eigenvalue weighted by atomic mass is 16.5. The lowest BCUT2D eigenvalue weighted by molar-refractivity contribution is -0.137. The van der Waals surface area contributed by atoms with Gasteiger partial charge < -0.3 is 9.64 Å². The lowest BCUT2D eigenvalue weighted by atomic mass is 10.0. The predicted octanol–water partition coefficient (Wildman–Crippen LogP) is 2.67. The number of benzene rings is 1. The zero-order valence-electron chi connectivity index (χ0n) is 15.5. The second-order valence-electron chi connectivity index (χ2n) is 6.35. The molecule has 1 amide bonds. The fraction of sp³-hybridized carbons (Fsp3) is 0.400. The molecule has 2 aromatic rings. The van der Waals surface area contributed by atoms with Crippen LogP contribution in [0.5, 0.6) is 0 Å². The summed E-state index contributed by atoms with van der Waals surface area (Å²) in [5.74, 6) is 0.0524. The summed E-state index contributed by atoms with van der Waals surface area (Å²) in [5, 5.41) is 0. The summed E-state index contributed by atoms with van der Waals surface area (Å²) in [7, 11) is 5.50. The molecule has 25 heavy (non-hydrogen) atoms. The third-order valence-electron chi connectivity index (χ3n) is 4.10. The van der Waals surface area contributed by atoms with Gasteiger partial charge in [0.25, 0.3) is 0 Å². The van der Waals surface area contributed by atoms with Crippen LogP contribution in [0.25, 0.3) is 0 Å². The average Bonchev–Trinajstić information content (AvgIpc) is 2.61. The van der Waals surface area contributed by atoms with Gasteiger partial charge in [-0.05, 0) is 38.7 Å². The summed E-state index contributed by atoms with van der Waals surface area (Å²) in [4.78, 5) is 21.4. The molecule has 134 valence electrons. The summed E-state index contributed by atoms with van der Waals surface area (Å²) in [5.41, 5.74) is 3.04. The molecule has 0 saturated carbocycles. The molecule has 0 aliphatic heterocycles. The molecular formula is C20H27N3O2. The lowest BCUT2D eigenvalue weighted by Gasteiger charge is -2.31. The quantitative estimate of drug-likeness (QED) is 0.740. The van der Waals surface area contributed by atoms with Crippen LogP contribution in [0.4, 0.5) is 0 Å². The van der Waals surface area contributed by atoms with Crippen molar-refractivity contribution < 1.29 is 9.53 Å². The Hall–Kier alpha value is -2.24. The van der Waals surface area contributed by atoms with Crippen LogP contribution in [-0.2, 0) is 16.1 Å². The van der Waals surface area contributed by atoms with Crippen LogP contribution in [0.3, 0.4) is 0 Å². The fourth-order valence-corrected chi connectivity index (χ4v) is 2.74. The van der Waals surface area contributed by atoms with E-state index in [-0.39, 0.29) is 11.9 Å². The minimum absolute atomic E-state index is 0.0524. The van der Waals surface area contributed by atoms with Crippen molar-refractivity contribution in [3.63, 3.8) is 0 Å². The van der Waals surface area contributed by atoms with Gasteiger partial charge in [0.05, 0.1) is 18.8 Å². The molecule has 5 nitrogen and oxygen atoms in total. The van der Waals surface area contributed by atoms with Gasteiger partial charge in [-0.25, -0.2) is 0 Å². The van der Waals surface area contributed by atoms with Gasteiger partial charge in [0.2, 0.25) is 5.91 Å². The Bertz CT molecular complexity index is 656. The third-order valence-corrected chi connectivity index (χ3v) is 4.10. The zero-order valence-corrected chi connectivity index (χ0v) is 15.5. The van der Waals surface area contributed by atoms with Crippen molar-refractivity contribution in [2.45, 2.75) is 19.5 Å². The first-order valence-electron chi connectivity index (χ1n) is 8.43. The second-order valence-corrected chi connectivity index (χ2v) is 6.35. The van der Waals surface area contributed by atoms with E-state index in [0.29, 0.717) is 19.7 Å². The summed E-state index contributed by atoms with van der Waals surface area (Å²) >= 11 is 0. The Kier molecular flexibility index (Phi) is 7.10. The summed E-state index contributed by atoms with van der Waals surface area (Å²) in [6.45, 7) is 3.54. The smallest absolute Gasteiger partial charge is 0.244 e. The average molecular weight is 341 g/mol. The number of carbonyl (C=O) groups excluding carboxylic acids is 1. The SMILES string of the molecule is COCCN(Cc1ccccn1)C(=O)[C@@H](c1ccc(C)cc1)N(C)C. The fourth-order valence-electron chi connectivity index (χ4n) is 2.74. The number of aryl methyl sites for hydroxylation is 1. The molecule has 0 bridgehead atoms. The molecule has 0 N–H and O–H groups in total. The largest absolute Gasteiger partial charge is 0.383 e. The lowest BCUT2D eigenvalue weighted by Crippen LogP contribution is -2.41.